The Morgan fingerprint density at radius 2 is 2.31 bits per heavy atom. The Balaban J connectivity index is 2.43. The van der Waals surface area contributed by atoms with Crippen LogP contribution in [0.15, 0.2) is 30.9 Å². The van der Waals surface area contributed by atoms with Gasteiger partial charge in [-0.3, -0.25) is 0 Å². The van der Waals surface area contributed by atoms with Gasteiger partial charge < -0.3 is 4.74 Å². The maximum atomic E-state index is 5.53. The van der Waals surface area contributed by atoms with E-state index in [1.165, 1.54) is 15.2 Å². The highest BCUT2D eigenvalue weighted by Gasteiger charge is 2.15. The second-order valence-corrected chi connectivity index (χ2v) is 4.83. The smallest absolute Gasteiger partial charge is 0.235 e. The molecule has 84 valence electrons. The number of ether oxygens (including phenoxy) is 1. The van der Waals surface area contributed by atoms with E-state index in [9.17, 15) is 0 Å². The summed E-state index contributed by atoms with van der Waals surface area (Å²) < 4.78 is 9.12. The van der Waals surface area contributed by atoms with Crippen LogP contribution in [0, 0.1) is 6.92 Å². The Morgan fingerprint density at radius 3 is 3.00 bits per heavy atom. The molecule has 0 bridgehead atoms. The zero-order chi connectivity index (χ0) is 11.5. The second kappa shape index (κ2) is 4.66. The van der Waals surface area contributed by atoms with E-state index < -0.39 is 0 Å². The van der Waals surface area contributed by atoms with E-state index in [0.717, 1.165) is 12.3 Å². The fourth-order valence-electron chi connectivity index (χ4n) is 1.82. The van der Waals surface area contributed by atoms with Crippen molar-refractivity contribution in [3.05, 3.63) is 35.9 Å². The lowest BCUT2D eigenvalue weighted by Gasteiger charge is -2.01. The minimum absolute atomic E-state index is 0.559. The predicted octanol–water partition coefficient (Wildman–Crippen LogP) is 3.08. The van der Waals surface area contributed by atoms with Gasteiger partial charge in [-0.15, -0.1) is 0 Å². The topological polar surface area (TPSA) is 13.1 Å². The van der Waals surface area contributed by atoms with Crippen LogP contribution >= 0.6 is 11.3 Å². The third-order valence-corrected chi connectivity index (χ3v) is 3.61. The molecule has 1 heterocycles. The summed E-state index contributed by atoms with van der Waals surface area (Å²) in [5.41, 5.74) is 1.29. The molecule has 0 aliphatic carbocycles. The van der Waals surface area contributed by atoms with Crippen molar-refractivity contribution in [2.24, 2.45) is 0 Å². The van der Waals surface area contributed by atoms with Gasteiger partial charge in [0.1, 0.15) is 23.6 Å². The van der Waals surface area contributed by atoms with Gasteiger partial charge in [-0.25, -0.2) is 0 Å². The van der Waals surface area contributed by atoms with Gasteiger partial charge in [0.05, 0.1) is 0 Å². The van der Waals surface area contributed by atoms with Gasteiger partial charge in [0.25, 0.3) is 0 Å². The Morgan fingerprint density at radius 1 is 1.50 bits per heavy atom. The van der Waals surface area contributed by atoms with Crippen LogP contribution in [-0.2, 0) is 6.54 Å². The summed E-state index contributed by atoms with van der Waals surface area (Å²) >= 11 is 1.81. The summed E-state index contributed by atoms with van der Waals surface area (Å²) in [5, 5.41) is 1.33. The number of aromatic nitrogens is 1. The van der Waals surface area contributed by atoms with E-state index in [1.54, 1.807) is 6.08 Å². The van der Waals surface area contributed by atoms with Gasteiger partial charge in [-0.1, -0.05) is 24.0 Å². The third kappa shape index (κ3) is 1.95. The fraction of sp³-hybridized carbons (Fsp3) is 0.308. The molecule has 1 aromatic carbocycles. The molecule has 2 nitrogen and oxygen atoms in total. The Hall–Kier alpha value is -1.35. The van der Waals surface area contributed by atoms with E-state index in [-0.39, 0.29) is 0 Å². The van der Waals surface area contributed by atoms with Crippen molar-refractivity contribution in [1.82, 2.24) is 0 Å². The normalized spacial score (nSPS) is 10.6. The lowest BCUT2D eigenvalue weighted by Crippen LogP contribution is -2.33. The van der Waals surface area contributed by atoms with Crippen LogP contribution < -0.4 is 9.30 Å². The quantitative estimate of drug-likeness (QED) is 0.585. The van der Waals surface area contributed by atoms with Crippen LogP contribution in [0.1, 0.15) is 11.9 Å². The Kier molecular flexibility index (Phi) is 3.25. The maximum Gasteiger partial charge on any atom is 0.235 e. The minimum atomic E-state index is 0.559. The van der Waals surface area contributed by atoms with Crippen LogP contribution in [0.4, 0.5) is 0 Å². The Labute approximate surface area is 99.8 Å². The second-order valence-electron chi connectivity index (χ2n) is 3.59. The zero-order valence-electron chi connectivity index (χ0n) is 9.69. The SMILES string of the molecule is C=CCOc1ccc2c(c1)sc(C)[n+]2CC. The molecule has 2 aromatic rings. The first-order valence-electron chi connectivity index (χ1n) is 5.43. The van der Waals surface area contributed by atoms with Crippen LogP contribution in [-0.4, -0.2) is 6.61 Å². The average molecular weight is 234 g/mol. The van der Waals surface area contributed by atoms with Gasteiger partial charge in [-0.2, -0.15) is 4.57 Å². The van der Waals surface area contributed by atoms with Crippen molar-refractivity contribution in [2.75, 3.05) is 6.61 Å². The number of thiazole rings is 1. The fourth-order valence-corrected chi connectivity index (χ4v) is 2.93. The van der Waals surface area contributed by atoms with Crippen LogP contribution in [0.25, 0.3) is 10.2 Å². The van der Waals surface area contributed by atoms with E-state index in [4.69, 9.17) is 4.74 Å². The van der Waals surface area contributed by atoms with Crippen molar-refractivity contribution in [2.45, 2.75) is 20.4 Å². The van der Waals surface area contributed by atoms with E-state index in [1.807, 2.05) is 17.4 Å². The first kappa shape index (κ1) is 11.1. The highest BCUT2D eigenvalue weighted by molar-refractivity contribution is 7.18. The van der Waals surface area contributed by atoms with Crippen molar-refractivity contribution in [1.29, 1.82) is 0 Å². The monoisotopic (exact) mass is 234 g/mol. The lowest BCUT2D eigenvalue weighted by atomic mass is 10.3. The van der Waals surface area contributed by atoms with Gasteiger partial charge in [0, 0.05) is 19.1 Å². The summed E-state index contributed by atoms with van der Waals surface area (Å²) in [6.45, 7) is 9.53. The predicted molar refractivity (Wildman–Crippen MR) is 68.1 cm³/mol. The number of benzene rings is 1. The first-order valence-corrected chi connectivity index (χ1v) is 6.24. The maximum absolute atomic E-state index is 5.53. The first-order chi connectivity index (χ1) is 7.76. The number of fused-ring (bicyclic) bond motifs is 1. The third-order valence-electron chi connectivity index (χ3n) is 2.54. The van der Waals surface area contributed by atoms with Gasteiger partial charge >= 0.3 is 0 Å². The summed E-state index contributed by atoms with van der Waals surface area (Å²) in [5.74, 6) is 0.914. The molecule has 0 fully saturated rings. The van der Waals surface area contributed by atoms with Crippen LogP contribution in [0.3, 0.4) is 0 Å². The lowest BCUT2D eigenvalue weighted by molar-refractivity contribution is -0.669. The number of rotatable bonds is 4. The molecule has 0 spiro atoms. The van der Waals surface area contributed by atoms with E-state index >= 15 is 0 Å². The molecular weight excluding hydrogens is 218 g/mol. The van der Waals surface area contributed by atoms with Crippen molar-refractivity contribution >= 4 is 21.6 Å². The van der Waals surface area contributed by atoms with E-state index in [2.05, 4.69) is 37.1 Å². The number of hydrogen-bond donors (Lipinski definition) is 0. The standard InChI is InChI=1S/C13H16NOS/c1-4-8-15-11-6-7-12-13(9-11)16-10(3)14(12)5-2/h4,6-7,9H,1,5,8H2,2-3H3/q+1. The molecule has 0 amide bonds. The molecule has 0 atom stereocenters. The molecule has 16 heavy (non-hydrogen) atoms. The number of nitrogens with zero attached hydrogens (tertiary/aromatic N) is 1. The summed E-state index contributed by atoms with van der Waals surface area (Å²) in [4.78, 5) is 0. The van der Waals surface area contributed by atoms with Gasteiger partial charge in [0.15, 0.2) is 0 Å². The largest absolute Gasteiger partial charge is 0.489 e. The zero-order valence-corrected chi connectivity index (χ0v) is 10.5. The molecule has 1 aromatic heterocycles. The molecule has 0 aliphatic rings. The molecule has 0 N–H and O–H groups in total. The highest BCUT2D eigenvalue weighted by Crippen LogP contribution is 2.24. The van der Waals surface area contributed by atoms with Gasteiger partial charge in [-0.05, 0) is 13.0 Å². The van der Waals surface area contributed by atoms with Crippen molar-refractivity contribution in [3.8, 4) is 5.75 Å². The van der Waals surface area contributed by atoms with Crippen molar-refractivity contribution in [3.63, 3.8) is 0 Å². The van der Waals surface area contributed by atoms with Crippen molar-refractivity contribution < 1.29 is 9.30 Å². The van der Waals surface area contributed by atoms with Crippen LogP contribution in [0.5, 0.6) is 5.75 Å². The molecule has 0 aliphatic heterocycles. The molecular formula is C13H16NOS+. The number of hydrogen-bond acceptors (Lipinski definition) is 2. The number of aryl methyl sites for hydroxylation is 2. The summed E-state index contributed by atoms with van der Waals surface area (Å²) in [6, 6.07) is 6.24. The summed E-state index contributed by atoms with van der Waals surface area (Å²) in [6.07, 6.45) is 1.76. The minimum Gasteiger partial charge on any atom is -0.489 e. The summed E-state index contributed by atoms with van der Waals surface area (Å²) in [7, 11) is 0. The highest BCUT2D eigenvalue weighted by atomic mass is 32.1. The molecule has 0 saturated heterocycles. The van der Waals surface area contributed by atoms with E-state index in [0.29, 0.717) is 6.61 Å². The molecule has 0 unspecified atom stereocenters. The molecule has 0 radical (unpaired) electrons. The average Bonchev–Trinajstić information content (AvgIpc) is 2.60. The molecule has 2 rings (SSSR count). The molecule has 3 heteroatoms. The van der Waals surface area contributed by atoms with Gasteiger partial charge in [0.2, 0.25) is 10.5 Å². The molecule has 0 saturated carbocycles. The van der Waals surface area contributed by atoms with Crippen LogP contribution in [0.2, 0.25) is 0 Å². The Bertz CT molecular complexity index is 516.